The minimum absolute atomic E-state index is 0.143. The number of benzene rings is 1. The average molecular weight is 436 g/mol. The van der Waals surface area contributed by atoms with Crippen molar-refractivity contribution in [2.45, 2.75) is 36.9 Å². The van der Waals surface area contributed by atoms with Crippen molar-refractivity contribution in [1.29, 1.82) is 5.26 Å². The minimum atomic E-state index is -5.80. The molecule has 0 amide bonds. The van der Waals surface area contributed by atoms with Crippen LogP contribution in [0, 0.1) is 16.6 Å². The average Bonchev–Trinajstić information content (AvgIpc) is 3.42. The summed E-state index contributed by atoms with van der Waals surface area (Å²) in [5, 5.41) is 16.9. The molecule has 156 valence electrons. The molecule has 1 saturated carbocycles. The van der Waals surface area contributed by atoms with Crippen molar-refractivity contribution in [2.24, 2.45) is 5.41 Å². The Labute approximate surface area is 171 Å². The van der Waals surface area contributed by atoms with Crippen LogP contribution in [0.1, 0.15) is 24.3 Å². The number of halogens is 3. The highest BCUT2D eigenvalue weighted by Gasteiger charge is 2.54. The normalized spacial score (nSPS) is 20.6. The predicted octanol–water partition coefficient (Wildman–Crippen LogP) is 3.11. The van der Waals surface area contributed by atoms with Gasteiger partial charge in [-0.05, 0) is 41.9 Å². The smallest absolute Gasteiger partial charge is 0.370 e. The van der Waals surface area contributed by atoms with Crippen LogP contribution >= 0.6 is 0 Å². The van der Waals surface area contributed by atoms with E-state index in [0.717, 1.165) is 49.8 Å². The molecule has 1 aromatic heterocycles. The van der Waals surface area contributed by atoms with Crippen molar-refractivity contribution in [3.05, 3.63) is 23.8 Å². The monoisotopic (exact) mass is 436 g/mol. The lowest BCUT2D eigenvalue weighted by Gasteiger charge is -2.58. The van der Waals surface area contributed by atoms with Crippen LogP contribution in [0.25, 0.3) is 10.9 Å². The fourth-order valence-electron chi connectivity index (χ4n) is 4.54. The van der Waals surface area contributed by atoms with Gasteiger partial charge in [0.05, 0.1) is 5.52 Å². The first kappa shape index (κ1) is 19.4. The van der Waals surface area contributed by atoms with E-state index in [1.54, 1.807) is 0 Å². The van der Waals surface area contributed by atoms with E-state index in [4.69, 9.17) is 5.26 Å². The van der Waals surface area contributed by atoms with Crippen LogP contribution in [0.3, 0.4) is 0 Å². The van der Waals surface area contributed by atoms with Crippen LogP contribution < -0.4 is 9.08 Å². The third-order valence-corrected chi connectivity index (χ3v) is 7.10. The molecule has 3 fully saturated rings. The summed E-state index contributed by atoms with van der Waals surface area (Å²) in [5.41, 5.74) is -2.76. The zero-order valence-corrected chi connectivity index (χ0v) is 16.5. The van der Waals surface area contributed by atoms with Crippen LogP contribution in [0.2, 0.25) is 12.6 Å². The molecule has 0 bridgehead atoms. The maximum atomic E-state index is 12.6. The fraction of sp³-hybridized carbons (Fsp3) is 0.500. The van der Waals surface area contributed by atoms with Gasteiger partial charge >= 0.3 is 15.6 Å². The van der Waals surface area contributed by atoms with Crippen molar-refractivity contribution in [3.8, 4) is 11.8 Å². The van der Waals surface area contributed by atoms with Crippen molar-refractivity contribution >= 4 is 33.4 Å². The van der Waals surface area contributed by atoms with Gasteiger partial charge in [0.1, 0.15) is 0 Å². The Kier molecular flexibility index (Phi) is 4.03. The third-order valence-electron chi connectivity index (χ3n) is 6.14. The molecule has 1 spiro atoms. The number of hydrogen-bond donors (Lipinski definition) is 0. The number of rotatable bonds is 4. The summed E-state index contributed by atoms with van der Waals surface area (Å²) in [7, 11) is -5.80. The number of fused-ring (bicyclic) bond motifs is 1. The zero-order chi connectivity index (χ0) is 21.3. The second-order valence-corrected chi connectivity index (χ2v) is 10.0. The standard InChI is InChI=1S/C18H16BF3N4O3S/c20-18(21,22)30(27,28)29-16-4-12-3-13(11-1-2-11)15(5-14(12)24-25-16)26-8-17(9-26)6-19(7-17)10-23/h3-5,11H,1-2,6-9H2. The second kappa shape index (κ2) is 6.23. The summed E-state index contributed by atoms with van der Waals surface area (Å²) in [5.74, 6) is 1.96. The molecule has 2 aliphatic heterocycles. The fourth-order valence-corrected chi connectivity index (χ4v) is 4.94. The molecule has 12 heteroatoms. The lowest BCUT2D eigenvalue weighted by molar-refractivity contribution is -0.0501. The Hall–Kier alpha value is -2.55. The molecule has 1 aliphatic carbocycles. The molecule has 30 heavy (non-hydrogen) atoms. The number of anilines is 1. The lowest BCUT2D eigenvalue weighted by Crippen LogP contribution is -2.64. The molecule has 2 aromatic rings. The van der Waals surface area contributed by atoms with E-state index in [0.29, 0.717) is 16.8 Å². The third kappa shape index (κ3) is 3.16. The lowest BCUT2D eigenvalue weighted by atomic mass is 9.26. The van der Waals surface area contributed by atoms with Crippen LogP contribution in [0.5, 0.6) is 5.88 Å². The quantitative estimate of drug-likeness (QED) is 0.413. The SMILES string of the molecule is N#CB1CC2(C1)CN(c1cc3nnc(OS(=O)(=O)C(F)(F)F)cc3cc1C1CC1)C2. The predicted molar refractivity (Wildman–Crippen MR) is 103 cm³/mol. The summed E-state index contributed by atoms with van der Waals surface area (Å²) in [6.45, 7) is 1.88. The van der Waals surface area contributed by atoms with E-state index >= 15 is 0 Å². The van der Waals surface area contributed by atoms with Crippen molar-refractivity contribution < 1.29 is 25.8 Å². The van der Waals surface area contributed by atoms with Crippen LogP contribution in [0.4, 0.5) is 18.9 Å². The minimum Gasteiger partial charge on any atom is -0.370 e. The first-order valence-corrected chi connectivity index (χ1v) is 11.0. The number of hydrogen-bond acceptors (Lipinski definition) is 7. The highest BCUT2D eigenvalue weighted by Crippen LogP contribution is 2.53. The van der Waals surface area contributed by atoms with Gasteiger partial charge in [-0.3, -0.25) is 0 Å². The molecule has 3 heterocycles. The Morgan fingerprint density at radius 1 is 1.20 bits per heavy atom. The molecule has 2 saturated heterocycles. The van der Waals surface area contributed by atoms with Gasteiger partial charge in [-0.1, -0.05) is 12.6 Å². The first-order valence-electron chi connectivity index (χ1n) is 9.56. The van der Waals surface area contributed by atoms with E-state index in [1.165, 1.54) is 6.07 Å². The second-order valence-electron chi connectivity index (χ2n) is 8.50. The molecule has 7 nitrogen and oxygen atoms in total. The molecule has 5 rings (SSSR count). The van der Waals surface area contributed by atoms with E-state index < -0.39 is 21.5 Å². The van der Waals surface area contributed by atoms with Gasteiger partial charge in [-0.25, -0.2) is 5.26 Å². The Morgan fingerprint density at radius 3 is 2.50 bits per heavy atom. The molecule has 1 aromatic carbocycles. The van der Waals surface area contributed by atoms with Gasteiger partial charge in [-0.15, -0.1) is 10.2 Å². The molecule has 0 N–H and O–H groups in total. The van der Waals surface area contributed by atoms with Gasteiger partial charge in [0.25, 0.3) is 12.6 Å². The van der Waals surface area contributed by atoms with E-state index in [1.807, 2.05) is 12.1 Å². The molecule has 0 radical (unpaired) electrons. The number of aromatic nitrogens is 2. The summed E-state index contributed by atoms with van der Waals surface area (Å²) in [4.78, 5) is 2.25. The Bertz CT molecular complexity index is 1180. The van der Waals surface area contributed by atoms with Gasteiger partial charge < -0.3 is 9.08 Å². The Morgan fingerprint density at radius 2 is 1.90 bits per heavy atom. The van der Waals surface area contributed by atoms with Crippen molar-refractivity contribution in [3.63, 3.8) is 0 Å². The summed E-state index contributed by atoms with van der Waals surface area (Å²) in [6, 6.07) is 4.86. The highest BCUT2D eigenvalue weighted by molar-refractivity contribution is 7.87. The van der Waals surface area contributed by atoms with Gasteiger partial charge in [-0.2, -0.15) is 21.6 Å². The molecule has 0 atom stereocenters. The largest absolute Gasteiger partial charge is 0.534 e. The molecular weight excluding hydrogens is 420 g/mol. The van der Waals surface area contributed by atoms with Crippen LogP contribution in [0.15, 0.2) is 18.2 Å². The molecule has 0 unspecified atom stereocenters. The van der Waals surface area contributed by atoms with Crippen LogP contribution in [-0.2, 0) is 10.1 Å². The number of alkyl halides is 3. The number of nitrogens with zero attached hydrogens (tertiary/aromatic N) is 4. The van der Waals surface area contributed by atoms with Crippen molar-refractivity contribution in [2.75, 3.05) is 18.0 Å². The van der Waals surface area contributed by atoms with E-state index in [2.05, 4.69) is 25.2 Å². The maximum absolute atomic E-state index is 12.6. The topological polar surface area (TPSA) is 96.2 Å². The molecule has 3 aliphatic rings. The molecular formula is C18H16BF3N4O3S. The zero-order valence-electron chi connectivity index (χ0n) is 15.7. The van der Waals surface area contributed by atoms with Gasteiger partial charge in [0.2, 0.25) is 0 Å². The maximum Gasteiger partial charge on any atom is 0.534 e. The summed E-state index contributed by atoms with van der Waals surface area (Å²) >= 11 is 0. The Balaban J connectivity index is 1.43. The summed E-state index contributed by atoms with van der Waals surface area (Å²) < 4.78 is 64.2. The van der Waals surface area contributed by atoms with Gasteiger partial charge in [0, 0.05) is 36.2 Å². The van der Waals surface area contributed by atoms with Crippen molar-refractivity contribution in [1.82, 2.24) is 10.2 Å². The van der Waals surface area contributed by atoms with Crippen LogP contribution in [-0.4, -0.2) is 43.9 Å². The first-order chi connectivity index (χ1) is 14.1. The number of nitriles is 1. The van der Waals surface area contributed by atoms with E-state index in [9.17, 15) is 21.6 Å². The highest BCUT2D eigenvalue weighted by atomic mass is 32.2. The summed E-state index contributed by atoms with van der Waals surface area (Å²) in [6.07, 6.45) is 3.89. The van der Waals surface area contributed by atoms with E-state index in [-0.39, 0.29) is 12.1 Å². The van der Waals surface area contributed by atoms with Gasteiger partial charge in [0.15, 0.2) is 0 Å².